The van der Waals surface area contributed by atoms with Crippen molar-refractivity contribution in [1.29, 1.82) is 0 Å². The van der Waals surface area contributed by atoms with E-state index >= 15 is 0 Å². The molecule has 3 rings (SSSR count). The molecule has 0 saturated carbocycles. The number of carbonyl (C=O) groups is 2. The van der Waals surface area contributed by atoms with Crippen molar-refractivity contribution in [1.82, 2.24) is 10.6 Å². The van der Waals surface area contributed by atoms with E-state index in [1.807, 2.05) is 37.3 Å². The molecule has 0 radical (unpaired) electrons. The SMILES string of the molecule is COc1ccc(C(=O)N/C(=C\c2ccco2)C(=O)N[C@H](C)COc2ccccc2)cc1OC. The Morgan fingerprint density at radius 1 is 1.00 bits per heavy atom. The molecule has 172 valence electrons. The smallest absolute Gasteiger partial charge is 0.268 e. The Balaban J connectivity index is 1.72. The van der Waals surface area contributed by atoms with Gasteiger partial charge in [-0.25, -0.2) is 0 Å². The van der Waals surface area contributed by atoms with Gasteiger partial charge in [-0.15, -0.1) is 0 Å². The van der Waals surface area contributed by atoms with Crippen LogP contribution in [0.5, 0.6) is 17.2 Å². The maximum Gasteiger partial charge on any atom is 0.268 e. The van der Waals surface area contributed by atoms with Gasteiger partial charge in [-0.2, -0.15) is 0 Å². The maximum absolute atomic E-state index is 12.9. The molecule has 0 fully saturated rings. The zero-order chi connectivity index (χ0) is 23.6. The van der Waals surface area contributed by atoms with Crippen LogP contribution in [0, 0.1) is 0 Å². The molecule has 0 aliphatic rings. The van der Waals surface area contributed by atoms with Crippen molar-refractivity contribution in [2.75, 3.05) is 20.8 Å². The van der Waals surface area contributed by atoms with Gasteiger partial charge in [0.25, 0.3) is 11.8 Å². The zero-order valence-electron chi connectivity index (χ0n) is 18.7. The molecule has 2 N–H and O–H groups in total. The van der Waals surface area contributed by atoms with Crippen molar-refractivity contribution in [3.63, 3.8) is 0 Å². The molecule has 1 heterocycles. The van der Waals surface area contributed by atoms with Gasteiger partial charge in [-0.1, -0.05) is 18.2 Å². The summed E-state index contributed by atoms with van der Waals surface area (Å²) in [5, 5.41) is 5.48. The van der Waals surface area contributed by atoms with Gasteiger partial charge >= 0.3 is 0 Å². The third kappa shape index (κ3) is 6.64. The fraction of sp³-hybridized carbons (Fsp3) is 0.200. The minimum absolute atomic E-state index is 0.0243. The third-order valence-electron chi connectivity index (χ3n) is 4.59. The van der Waals surface area contributed by atoms with Crippen molar-refractivity contribution in [2.24, 2.45) is 0 Å². The van der Waals surface area contributed by atoms with Crippen LogP contribution in [0.15, 0.2) is 77.0 Å². The Bertz CT molecular complexity index is 1090. The van der Waals surface area contributed by atoms with E-state index < -0.39 is 11.8 Å². The molecule has 0 bridgehead atoms. The summed E-state index contributed by atoms with van der Waals surface area (Å²) in [5.74, 6) is 1.04. The molecule has 2 amide bonds. The first kappa shape index (κ1) is 23.5. The Morgan fingerprint density at radius 2 is 1.76 bits per heavy atom. The van der Waals surface area contributed by atoms with Gasteiger partial charge in [-0.3, -0.25) is 9.59 Å². The molecule has 8 heteroatoms. The highest BCUT2D eigenvalue weighted by Gasteiger charge is 2.18. The number of para-hydroxylation sites is 1. The maximum atomic E-state index is 12.9. The number of ether oxygens (including phenoxy) is 3. The monoisotopic (exact) mass is 450 g/mol. The van der Waals surface area contributed by atoms with E-state index in [-0.39, 0.29) is 18.3 Å². The predicted molar refractivity (Wildman–Crippen MR) is 123 cm³/mol. The largest absolute Gasteiger partial charge is 0.493 e. The van der Waals surface area contributed by atoms with Crippen LogP contribution in [0.1, 0.15) is 23.0 Å². The van der Waals surface area contributed by atoms with Crippen LogP contribution in [0.25, 0.3) is 6.08 Å². The number of hydrogen-bond donors (Lipinski definition) is 2. The lowest BCUT2D eigenvalue weighted by Gasteiger charge is -2.17. The molecule has 8 nitrogen and oxygen atoms in total. The van der Waals surface area contributed by atoms with Crippen LogP contribution in [-0.2, 0) is 4.79 Å². The van der Waals surface area contributed by atoms with Gasteiger partial charge in [0.1, 0.15) is 23.8 Å². The van der Waals surface area contributed by atoms with Crippen LogP contribution in [0.4, 0.5) is 0 Å². The molecular weight excluding hydrogens is 424 g/mol. The highest BCUT2D eigenvalue weighted by molar-refractivity contribution is 6.05. The molecule has 1 atom stereocenters. The van der Waals surface area contributed by atoms with Crippen molar-refractivity contribution in [3.8, 4) is 17.2 Å². The molecule has 0 aliphatic heterocycles. The van der Waals surface area contributed by atoms with Gasteiger partial charge in [0, 0.05) is 11.6 Å². The van der Waals surface area contributed by atoms with Crippen molar-refractivity contribution in [3.05, 3.63) is 83.9 Å². The molecule has 2 aromatic carbocycles. The van der Waals surface area contributed by atoms with Gasteiger partial charge < -0.3 is 29.3 Å². The summed E-state index contributed by atoms with van der Waals surface area (Å²) in [6, 6.07) is 17.1. The molecule has 0 spiro atoms. The molecular formula is C25H26N2O6. The van der Waals surface area contributed by atoms with Crippen LogP contribution in [-0.4, -0.2) is 38.7 Å². The van der Waals surface area contributed by atoms with Crippen LogP contribution >= 0.6 is 0 Å². The summed E-state index contributed by atoms with van der Waals surface area (Å²) >= 11 is 0. The van der Waals surface area contributed by atoms with E-state index in [0.29, 0.717) is 28.6 Å². The summed E-state index contributed by atoms with van der Waals surface area (Å²) in [6.45, 7) is 2.06. The molecule has 0 saturated heterocycles. The molecule has 3 aromatic rings. The highest BCUT2D eigenvalue weighted by Crippen LogP contribution is 2.27. The van der Waals surface area contributed by atoms with Crippen LogP contribution in [0.3, 0.4) is 0 Å². The van der Waals surface area contributed by atoms with Crippen molar-refractivity contribution < 1.29 is 28.2 Å². The number of carbonyl (C=O) groups excluding carboxylic acids is 2. The number of methoxy groups -OCH3 is 2. The minimum Gasteiger partial charge on any atom is -0.493 e. The Morgan fingerprint density at radius 3 is 2.42 bits per heavy atom. The first-order valence-electron chi connectivity index (χ1n) is 10.3. The average Bonchev–Trinajstić information content (AvgIpc) is 3.35. The average molecular weight is 450 g/mol. The third-order valence-corrected chi connectivity index (χ3v) is 4.59. The van der Waals surface area contributed by atoms with E-state index in [1.54, 1.807) is 24.3 Å². The van der Waals surface area contributed by atoms with Crippen molar-refractivity contribution in [2.45, 2.75) is 13.0 Å². The lowest BCUT2D eigenvalue weighted by Crippen LogP contribution is -2.41. The van der Waals surface area contributed by atoms with Crippen molar-refractivity contribution >= 4 is 17.9 Å². The number of rotatable bonds is 10. The molecule has 0 aliphatic carbocycles. The molecule has 0 unspecified atom stereocenters. The standard InChI is InChI=1S/C25H26N2O6/c1-17(16-33-19-8-5-4-6-9-19)26-25(29)21(15-20-10-7-13-32-20)27-24(28)18-11-12-22(30-2)23(14-18)31-3/h4-15,17H,16H2,1-3H3,(H,26,29)(H,27,28)/b21-15-/t17-/m1/s1. The Hall–Kier alpha value is -4.20. The van der Waals surface area contributed by atoms with Crippen LogP contribution in [0.2, 0.25) is 0 Å². The summed E-state index contributed by atoms with van der Waals surface area (Å²) in [4.78, 5) is 25.8. The van der Waals surface area contributed by atoms with E-state index in [9.17, 15) is 9.59 Å². The second-order valence-corrected chi connectivity index (χ2v) is 7.10. The summed E-state index contributed by atoms with van der Waals surface area (Å²) in [7, 11) is 2.99. The Labute approximate surface area is 192 Å². The topological polar surface area (TPSA) is 99.0 Å². The minimum atomic E-state index is -0.489. The van der Waals surface area contributed by atoms with Gasteiger partial charge in [0.2, 0.25) is 0 Å². The van der Waals surface area contributed by atoms with E-state index in [4.69, 9.17) is 18.6 Å². The first-order valence-corrected chi connectivity index (χ1v) is 10.3. The second kappa shape index (κ2) is 11.4. The lowest BCUT2D eigenvalue weighted by atomic mass is 10.1. The lowest BCUT2D eigenvalue weighted by molar-refractivity contribution is -0.118. The van der Waals surface area contributed by atoms with Gasteiger partial charge in [-0.05, 0) is 49.4 Å². The number of benzene rings is 2. The van der Waals surface area contributed by atoms with E-state index in [1.165, 1.54) is 32.6 Å². The second-order valence-electron chi connectivity index (χ2n) is 7.10. The number of nitrogens with one attached hydrogen (secondary N) is 2. The Kier molecular flexibility index (Phi) is 8.13. The van der Waals surface area contributed by atoms with Gasteiger partial charge in [0.05, 0.1) is 26.5 Å². The molecule has 1 aromatic heterocycles. The number of furan rings is 1. The quantitative estimate of drug-likeness (QED) is 0.458. The van der Waals surface area contributed by atoms with E-state index in [2.05, 4.69) is 10.6 Å². The predicted octanol–water partition coefficient (Wildman–Crippen LogP) is 3.65. The normalized spacial score (nSPS) is 11.9. The summed E-state index contributed by atoms with van der Waals surface area (Å²) < 4.78 is 21.5. The van der Waals surface area contributed by atoms with Crippen LogP contribution < -0.4 is 24.8 Å². The highest BCUT2D eigenvalue weighted by atomic mass is 16.5. The summed E-state index contributed by atoms with van der Waals surface area (Å²) in [6.07, 6.45) is 2.94. The fourth-order valence-corrected chi connectivity index (χ4v) is 2.93. The number of hydrogen-bond acceptors (Lipinski definition) is 6. The zero-order valence-corrected chi connectivity index (χ0v) is 18.7. The van der Waals surface area contributed by atoms with E-state index in [0.717, 1.165) is 0 Å². The fourth-order valence-electron chi connectivity index (χ4n) is 2.93. The number of amides is 2. The van der Waals surface area contributed by atoms with Gasteiger partial charge in [0.15, 0.2) is 11.5 Å². The summed E-state index contributed by atoms with van der Waals surface area (Å²) in [5.41, 5.74) is 0.322. The molecule has 33 heavy (non-hydrogen) atoms. The first-order chi connectivity index (χ1) is 16.0.